The van der Waals surface area contributed by atoms with Crippen LogP contribution < -0.4 is 20.9 Å². The predicted octanol–water partition coefficient (Wildman–Crippen LogP) is 2.35. The zero-order valence-electron chi connectivity index (χ0n) is 18.5. The van der Waals surface area contributed by atoms with E-state index in [1.807, 2.05) is 55.5 Å². The highest BCUT2D eigenvalue weighted by molar-refractivity contribution is 7.99. The summed E-state index contributed by atoms with van der Waals surface area (Å²) < 4.78 is 5.17. The molecule has 9 heteroatoms. The van der Waals surface area contributed by atoms with Crippen molar-refractivity contribution in [1.29, 1.82) is 0 Å². The van der Waals surface area contributed by atoms with E-state index >= 15 is 0 Å². The Labute approximate surface area is 196 Å². The van der Waals surface area contributed by atoms with Crippen molar-refractivity contribution in [2.45, 2.75) is 31.6 Å². The molecule has 3 rings (SSSR count). The third kappa shape index (κ3) is 8.12. The second kappa shape index (κ2) is 11.9. The van der Waals surface area contributed by atoms with Crippen LogP contribution in [0.15, 0.2) is 64.5 Å². The fourth-order valence-corrected chi connectivity index (χ4v) is 3.67. The van der Waals surface area contributed by atoms with E-state index in [0.717, 1.165) is 28.5 Å². The Morgan fingerprint density at radius 2 is 1.73 bits per heavy atom. The molecule has 2 aromatic carbocycles. The third-order valence-electron chi connectivity index (χ3n) is 4.69. The lowest BCUT2D eigenvalue weighted by atomic mass is 10.1. The fourth-order valence-electron chi connectivity index (χ4n) is 2.94. The number of ether oxygens (including phenoxy) is 1. The van der Waals surface area contributed by atoms with E-state index < -0.39 is 0 Å². The molecule has 8 nitrogen and oxygen atoms in total. The Morgan fingerprint density at radius 1 is 1.00 bits per heavy atom. The zero-order valence-corrected chi connectivity index (χ0v) is 19.3. The summed E-state index contributed by atoms with van der Waals surface area (Å²) in [5.41, 5.74) is 3.03. The number of aromatic amines is 1. The van der Waals surface area contributed by atoms with Gasteiger partial charge in [0.1, 0.15) is 5.75 Å². The van der Waals surface area contributed by atoms with Gasteiger partial charge in [-0.3, -0.25) is 14.4 Å². The first-order valence-corrected chi connectivity index (χ1v) is 11.3. The van der Waals surface area contributed by atoms with Gasteiger partial charge in [0.05, 0.1) is 25.0 Å². The van der Waals surface area contributed by atoms with Gasteiger partial charge in [0.15, 0.2) is 5.16 Å². The highest BCUT2D eigenvalue weighted by Crippen LogP contribution is 2.13. The minimum atomic E-state index is -0.372. The monoisotopic (exact) mass is 466 g/mol. The highest BCUT2D eigenvalue weighted by Gasteiger charge is 2.10. The molecule has 0 radical (unpaired) electrons. The molecule has 0 saturated carbocycles. The molecule has 0 saturated heterocycles. The predicted molar refractivity (Wildman–Crippen MR) is 127 cm³/mol. The van der Waals surface area contributed by atoms with E-state index in [0.29, 0.717) is 29.7 Å². The van der Waals surface area contributed by atoms with Gasteiger partial charge >= 0.3 is 0 Å². The van der Waals surface area contributed by atoms with Gasteiger partial charge in [-0.1, -0.05) is 53.7 Å². The summed E-state index contributed by atoms with van der Waals surface area (Å²) in [6, 6.07) is 16.6. The van der Waals surface area contributed by atoms with Crippen molar-refractivity contribution in [1.82, 2.24) is 20.6 Å². The van der Waals surface area contributed by atoms with E-state index in [4.69, 9.17) is 4.74 Å². The summed E-state index contributed by atoms with van der Waals surface area (Å²) >= 11 is 1.11. The van der Waals surface area contributed by atoms with E-state index in [9.17, 15) is 14.4 Å². The van der Waals surface area contributed by atoms with Crippen LogP contribution in [0.2, 0.25) is 0 Å². The molecule has 0 fully saturated rings. The maximum Gasteiger partial charge on any atom is 0.251 e. The van der Waals surface area contributed by atoms with Crippen LogP contribution in [0.25, 0.3) is 0 Å². The average molecular weight is 467 g/mol. The van der Waals surface area contributed by atoms with Crippen molar-refractivity contribution in [2.75, 3.05) is 12.9 Å². The maximum absolute atomic E-state index is 12.3. The lowest BCUT2D eigenvalue weighted by Gasteiger charge is -2.08. The number of aromatic nitrogens is 2. The number of nitrogens with one attached hydrogen (secondary N) is 3. The van der Waals surface area contributed by atoms with Gasteiger partial charge in [-0.25, -0.2) is 4.98 Å². The molecule has 1 aromatic heterocycles. The van der Waals surface area contributed by atoms with Crippen molar-refractivity contribution in [3.63, 3.8) is 0 Å². The molecular formula is C24H26N4O4S. The number of amides is 2. The van der Waals surface area contributed by atoms with Gasteiger partial charge in [-0.15, -0.1) is 0 Å². The molecule has 1 heterocycles. The zero-order chi connectivity index (χ0) is 23.6. The molecule has 3 aromatic rings. The standard InChI is InChI=1S/C24H26N4O4S/c1-16-6-8-17(9-7-16)13-26-23(31)15-33-24-27-19(12-22(30)28-24)11-21(29)25-14-18-4-3-5-20(10-18)32-2/h3-10,12H,11,13-15H2,1-2H3,(H,25,29)(H,26,31)(H,27,28,30). The number of rotatable bonds is 10. The van der Waals surface area contributed by atoms with Crippen molar-refractivity contribution >= 4 is 23.6 Å². The smallest absolute Gasteiger partial charge is 0.251 e. The first kappa shape index (κ1) is 24.1. The van der Waals surface area contributed by atoms with Gasteiger partial charge < -0.3 is 20.4 Å². The Bertz CT molecular complexity index is 1160. The Balaban J connectivity index is 1.48. The molecule has 0 bridgehead atoms. The molecule has 3 N–H and O–H groups in total. The minimum absolute atomic E-state index is 0.0406. The lowest BCUT2D eigenvalue weighted by Crippen LogP contribution is -2.26. The van der Waals surface area contributed by atoms with E-state index in [-0.39, 0.29) is 29.5 Å². The highest BCUT2D eigenvalue weighted by atomic mass is 32.2. The number of carbonyl (C=O) groups excluding carboxylic acids is 2. The molecule has 172 valence electrons. The van der Waals surface area contributed by atoms with Gasteiger partial charge in [-0.05, 0) is 30.2 Å². The second-order valence-electron chi connectivity index (χ2n) is 7.40. The molecule has 0 atom stereocenters. The lowest BCUT2D eigenvalue weighted by molar-refractivity contribution is -0.121. The number of benzene rings is 2. The summed E-state index contributed by atoms with van der Waals surface area (Å²) in [7, 11) is 1.58. The number of thioether (sulfide) groups is 1. The van der Waals surface area contributed by atoms with Gasteiger partial charge in [0.25, 0.3) is 5.56 Å². The van der Waals surface area contributed by atoms with E-state index in [1.54, 1.807) is 7.11 Å². The van der Waals surface area contributed by atoms with Crippen molar-refractivity contribution < 1.29 is 14.3 Å². The van der Waals surface area contributed by atoms with Crippen molar-refractivity contribution in [3.8, 4) is 5.75 Å². The Kier molecular flexibility index (Phi) is 8.65. The number of nitrogens with zero attached hydrogens (tertiary/aromatic N) is 1. The molecule has 0 aliphatic heterocycles. The Hall–Kier alpha value is -3.59. The van der Waals surface area contributed by atoms with Crippen LogP contribution >= 0.6 is 11.8 Å². The quantitative estimate of drug-likeness (QED) is 0.312. The summed E-state index contributed by atoms with van der Waals surface area (Å²) in [6.45, 7) is 2.77. The maximum atomic E-state index is 12.3. The normalized spacial score (nSPS) is 10.5. The molecular weight excluding hydrogens is 440 g/mol. The van der Waals surface area contributed by atoms with Gasteiger partial charge in [0.2, 0.25) is 11.8 Å². The van der Waals surface area contributed by atoms with Crippen LogP contribution in [0.3, 0.4) is 0 Å². The van der Waals surface area contributed by atoms with E-state index in [1.165, 1.54) is 6.07 Å². The molecule has 33 heavy (non-hydrogen) atoms. The first-order chi connectivity index (χ1) is 15.9. The molecule has 0 aliphatic carbocycles. The number of hydrogen-bond acceptors (Lipinski definition) is 6. The van der Waals surface area contributed by atoms with E-state index in [2.05, 4.69) is 20.6 Å². The summed E-state index contributed by atoms with van der Waals surface area (Å²) in [5, 5.41) is 5.94. The van der Waals surface area contributed by atoms with Crippen LogP contribution in [0, 0.1) is 6.92 Å². The number of carbonyl (C=O) groups is 2. The SMILES string of the molecule is COc1cccc(CNC(=O)Cc2cc(=O)[nH]c(SCC(=O)NCc3ccc(C)cc3)n2)c1. The Morgan fingerprint density at radius 3 is 2.48 bits per heavy atom. The average Bonchev–Trinajstić information content (AvgIpc) is 2.81. The van der Waals surface area contributed by atoms with Crippen LogP contribution in [0.4, 0.5) is 0 Å². The van der Waals surface area contributed by atoms with Crippen LogP contribution in [-0.2, 0) is 29.1 Å². The molecule has 2 amide bonds. The third-order valence-corrected chi connectivity index (χ3v) is 5.56. The molecule has 0 spiro atoms. The van der Waals surface area contributed by atoms with Crippen LogP contribution in [0.5, 0.6) is 5.75 Å². The van der Waals surface area contributed by atoms with Gasteiger partial charge in [0, 0.05) is 19.2 Å². The topological polar surface area (TPSA) is 113 Å². The second-order valence-corrected chi connectivity index (χ2v) is 8.36. The largest absolute Gasteiger partial charge is 0.497 e. The summed E-state index contributed by atoms with van der Waals surface area (Å²) in [4.78, 5) is 43.3. The minimum Gasteiger partial charge on any atom is -0.497 e. The first-order valence-electron chi connectivity index (χ1n) is 10.4. The van der Waals surface area contributed by atoms with Gasteiger partial charge in [-0.2, -0.15) is 0 Å². The molecule has 0 unspecified atom stereocenters. The number of methoxy groups -OCH3 is 1. The van der Waals surface area contributed by atoms with Crippen LogP contribution in [-0.4, -0.2) is 34.6 Å². The number of aryl methyl sites for hydroxylation is 1. The van der Waals surface area contributed by atoms with Crippen molar-refractivity contribution in [2.24, 2.45) is 0 Å². The number of H-pyrrole nitrogens is 1. The number of hydrogen-bond donors (Lipinski definition) is 3. The summed E-state index contributed by atoms with van der Waals surface area (Å²) in [5.74, 6) is 0.371. The summed E-state index contributed by atoms with van der Waals surface area (Å²) in [6.07, 6.45) is -0.0406. The van der Waals surface area contributed by atoms with Crippen molar-refractivity contribution in [3.05, 3.63) is 87.3 Å². The van der Waals surface area contributed by atoms with Crippen LogP contribution in [0.1, 0.15) is 22.4 Å². The fraction of sp³-hybridized carbons (Fsp3) is 0.250. The molecule has 0 aliphatic rings.